The molecule has 3 aliphatic rings. The second kappa shape index (κ2) is 11.8. The van der Waals surface area contributed by atoms with Crippen LogP contribution in [0.3, 0.4) is 0 Å². The van der Waals surface area contributed by atoms with Crippen LogP contribution in [0.2, 0.25) is 0 Å². The first-order valence-corrected chi connectivity index (χ1v) is 12.8. The maximum absolute atomic E-state index is 13.4. The van der Waals surface area contributed by atoms with E-state index in [0.29, 0.717) is 60.7 Å². The molecule has 0 saturated carbocycles. The molecule has 2 aromatic rings. The summed E-state index contributed by atoms with van der Waals surface area (Å²) < 4.78 is 10.7. The fourth-order valence-electron chi connectivity index (χ4n) is 4.99. The van der Waals surface area contributed by atoms with Gasteiger partial charge in [0, 0.05) is 50.8 Å². The van der Waals surface area contributed by atoms with Crippen molar-refractivity contribution in [2.45, 2.75) is 31.9 Å². The molecule has 0 unspecified atom stereocenters. The van der Waals surface area contributed by atoms with Crippen molar-refractivity contribution >= 4 is 35.6 Å². The highest BCUT2D eigenvalue weighted by Crippen LogP contribution is 2.30. The predicted molar refractivity (Wildman–Crippen MR) is 145 cm³/mol. The first kappa shape index (κ1) is 26.6. The van der Waals surface area contributed by atoms with Crippen LogP contribution in [0.15, 0.2) is 48.8 Å². The number of allylic oxidation sites excluding steroid dienone is 2. The number of nitrogens with zero attached hydrogens (tertiary/aromatic N) is 6. The number of aldehydes is 1. The largest absolute Gasteiger partial charge is 0.440 e. The Balaban J connectivity index is 1.38. The molecule has 0 radical (unpaired) electrons. The third-order valence-electron chi connectivity index (χ3n) is 7.01. The van der Waals surface area contributed by atoms with Crippen molar-refractivity contribution < 1.29 is 23.9 Å². The summed E-state index contributed by atoms with van der Waals surface area (Å²) in [5.74, 6) is 2.41. The number of aryl methyl sites for hydroxylation is 1. The number of nitriles is 1. The maximum atomic E-state index is 13.4. The number of amides is 2. The number of hydrogen-bond donors (Lipinski definition) is 1. The second-order valence-electron chi connectivity index (χ2n) is 9.43. The zero-order valence-electron chi connectivity index (χ0n) is 21.9. The molecule has 0 aliphatic carbocycles. The Kier molecular flexibility index (Phi) is 7.87. The molecule has 1 atom stereocenters. The fourth-order valence-corrected chi connectivity index (χ4v) is 4.99. The molecule has 40 heavy (non-hydrogen) atoms. The standard InChI is InChI=1S/C28H27N7O5/c1-39-22-6-9-33(16-22)24-12-25(30-14-21(24)13-29)32-28(38)35-8-4-5-19-11-20(23(17-36)31-27(19)35)15-34-7-2-3-10-40-26(34)18-37/h2-3,7,10-12,14,17,22H,4-6,8-9,15-16H2,1H3,(H,30,32,38)/t22-/m0/s1. The summed E-state index contributed by atoms with van der Waals surface area (Å²) in [6.07, 6.45) is 10.7. The van der Waals surface area contributed by atoms with Gasteiger partial charge in [-0.15, -0.1) is 0 Å². The summed E-state index contributed by atoms with van der Waals surface area (Å²) in [5, 5.41) is 12.4. The Morgan fingerprint density at radius 3 is 2.95 bits per heavy atom. The van der Waals surface area contributed by atoms with Gasteiger partial charge in [-0.3, -0.25) is 15.0 Å². The van der Waals surface area contributed by atoms with Gasteiger partial charge in [-0.05, 0) is 43.0 Å². The molecule has 0 spiro atoms. The quantitative estimate of drug-likeness (QED) is 0.429. The van der Waals surface area contributed by atoms with Crippen molar-refractivity contribution in [1.82, 2.24) is 14.9 Å². The van der Waals surface area contributed by atoms with Gasteiger partial charge in [-0.1, -0.05) is 0 Å². The van der Waals surface area contributed by atoms with Crippen LogP contribution in [0, 0.1) is 11.3 Å². The molecule has 1 N–H and O–H groups in total. The molecular formula is C28H27N7O5. The lowest BCUT2D eigenvalue weighted by molar-refractivity contribution is 0.111. The molecular weight excluding hydrogens is 514 g/mol. The van der Waals surface area contributed by atoms with Crippen molar-refractivity contribution in [3.05, 3.63) is 71.2 Å². The molecule has 1 fully saturated rings. The van der Waals surface area contributed by atoms with E-state index in [9.17, 15) is 19.6 Å². The van der Waals surface area contributed by atoms with Gasteiger partial charge in [0.1, 0.15) is 23.4 Å². The van der Waals surface area contributed by atoms with Crippen molar-refractivity contribution in [1.29, 1.82) is 5.26 Å². The lowest BCUT2D eigenvalue weighted by Crippen LogP contribution is -2.40. The molecule has 12 nitrogen and oxygen atoms in total. The summed E-state index contributed by atoms with van der Waals surface area (Å²) in [4.78, 5) is 50.6. The molecule has 3 aliphatic heterocycles. The lowest BCUT2D eigenvalue weighted by atomic mass is 10.0. The molecule has 1 saturated heterocycles. The average Bonchev–Trinajstić information content (AvgIpc) is 3.36. The van der Waals surface area contributed by atoms with E-state index < -0.39 is 6.03 Å². The van der Waals surface area contributed by atoms with E-state index in [1.165, 1.54) is 22.3 Å². The Bertz CT molecular complexity index is 1470. The van der Waals surface area contributed by atoms with E-state index in [-0.39, 0.29) is 24.2 Å². The van der Waals surface area contributed by atoms with Gasteiger partial charge >= 0.3 is 6.03 Å². The zero-order valence-corrected chi connectivity index (χ0v) is 21.9. The van der Waals surface area contributed by atoms with Crippen LogP contribution in [0.1, 0.15) is 40.0 Å². The number of anilines is 3. The Morgan fingerprint density at radius 2 is 2.20 bits per heavy atom. The minimum absolute atomic E-state index is 0.0402. The molecule has 204 valence electrons. The number of aromatic nitrogens is 2. The molecule has 0 bridgehead atoms. The van der Waals surface area contributed by atoms with Crippen LogP contribution in [0.4, 0.5) is 22.1 Å². The minimum Gasteiger partial charge on any atom is -0.440 e. The van der Waals surface area contributed by atoms with Gasteiger partial charge in [-0.25, -0.2) is 19.6 Å². The molecule has 0 aromatic carbocycles. The Labute approximate surface area is 230 Å². The average molecular weight is 542 g/mol. The van der Waals surface area contributed by atoms with E-state index in [4.69, 9.17) is 9.47 Å². The summed E-state index contributed by atoms with van der Waals surface area (Å²) >= 11 is 0. The monoisotopic (exact) mass is 541 g/mol. The van der Waals surface area contributed by atoms with Crippen LogP contribution in [-0.2, 0) is 27.2 Å². The van der Waals surface area contributed by atoms with Crippen molar-refractivity contribution in [3.63, 3.8) is 0 Å². The SMILES string of the molecule is CO[C@H]1CCN(c2cc(NC(=O)N3CCCc4cc(CN5C=CC=COC5=C=O)c(C=O)nc43)ncc2C#N)C1. The number of carbonyl (C=O) groups excluding carboxylic acids is 3. The summed E-state index contributed by atoms with van der Waals surface area (Å²) in [6.45, 7) is 1.93. The highest BCUT2D eigenvalue weighted by atomic mass is 16.5. The van der Waals surface area contributed by atoms with E-state index in [0.717, 1.165) is 18.5 Å². The van der Waals surface area contributed by atoms with Crippen LogP contribution < -0.4 is 15.1 Å². The lowest BCUT2D eigenvalue weighted by Gasteiger charge is -2.29. The molecule has 5 rings (SSSR count). The highest BCUT2D eigenvalue weighted by Gasteiger charge is 2.28. The van der Waals surface area contributed by atoms with Gasteiger partial charge in [-0.2, -0.15) is 5.26 Å². The van der Waals surface area contributed by atoms with E-state index in [1.807, 2.05) is 11.0 Å². The molecule has 12 heteroatoms. The smallest absolute Gasteiger partial charge is 0.328 e. The minimum atomic E-state index is -0.446. The van der Waals surface area contributed by atoms with Crippen LogP contribution in [-0.4, -0.2) is 66.0 Å². The zero-order chi connectivity index (χ0) is 28.1. The van der Waals surface area contributed by atoms with Gasteiger partial charge in [0.05, 0.1) is 30.2 Å². The number of hydrogen-bond acceptors (Lipinski definition) is 10. The number of rotatable bonds is 6. The number of urea groups is 1. The third kappa shape index (κ3) is 5.42. The Morgan fingerprint density at radius 1 is 1.32 bits per heavy atom. The molecule has 2 amide bonds. The normalized spacial score (nSPS) is 17.9. The predicted octanol–water partition coefficient (Wildman–Crippen LogP) is 2.90. The molecule has 5 heterocycles. The first-order chi connectivity index (χ1) is 19.5. The fraction of sp³-hybridized carbons (Fsp3) is 0.321. The van der Waals surface area contributed by atoms with Gasteiger partial charge in [0.25, 0.3) is 5.88 Å². The maximum Gasteiger partial charge on any atom is 0.328 e. The van der Waals surface area contributed by atoms with E-state index in [1.54, 1.807) is 37.5 Å². The number of methoxy groups -OCH3 is 1. The first-order valence-electron chi connectivity index (χ1n) is 12.8. The van der Waals surface area contributed by atoms with Crippen LogP contribution >= 0.6 is 0 Å². The van der Waals surface area contributed by atoms with Crippen LogP contribution in [0.5, 0.6) is 0 Å². The number of pyridine rings is 2. The topological polar surface area (TPSA) is 141 Å². The second-order valence-corrected chi connectivity index (χ2v) is 9.43. The number of carbonyl (C=O) groups is 2. The van der Waals surface area contributed by atoms with Crippen molar-refractivity contribution in [2.75, 3.05) is 41.9 Å². The van der Waals surface area contributed by atoms with E-state index in [2.05, 4.69) is 21.4 Å². The summed E-state index contributed by atoms with van der Waals surface area (Å²) in [5.41, 5.74) is 2.62. The summed E-state index contributed by atoms with van der Waals surface area (Å²) in [7, 11) is 1.67. The highest BCUT2D eigenvalue weighted by molar-refractivity contribution is 6.02. The van der Waals surface area contributed by atoms with Gasteiger partial charge in [0.15, 0.2) is 12.2 Å². The van der Waals surface area contributed by atoms with Gasteiger partial charge in [0.2, 0.25) is 0 Å². The third-order valence-corrected chi connectivity index (χ3v) is 7.01. The number of fused-ring (bicyclic) bond motifs is 1. The Hall–Kier alpha value is -4.98. The van der Waals surface area contributed by atoms with Crippen molar-refractivity contribution in [2.24, 2.45) is 0 Å². The summed E-state index contributed by atoms with van der Waals surface area (Å²) in [6, 6.07) is 5.24. The van der Waals surface area contributed by atoms with Crippen molar-refractivity contribution in [3.8, 4) is 6.07 Å². The van der Waals surface area contributed by atoms with E-state index >= 15 is 0 Å². The number of nitrogens with one attached hydrogen (secondary N) is 1. The number of ether oxygens (including phenoxy) is 2. The van der Waals surface area contributed by atoms with Crippen LogP contribution in [0.25, 0.3) is 0 Å². The van der Waals surface area contributed by atoms with Gasteiger partial charge < -0.3 is 19.3 Å². The molecule has 2 aromatic heterocycles.